The molecule has 11 aromatic rings. The molecule has 0 saturated carbocycles. The number of methoxy groups -OCH3 is 5. The van der Waals surface area contributed by atoms with Gasteiger partial charge in [-0.25, -0.2) is 0 Å². The lowest BCUT2D eigenvalue weighted by Gasteiger charge is -2.25. The van der Waals surface area contributed by atoms with E-state index in [1.54, 1.807) is 71.1 Å². The highest BCUT2D eigenvalue weighted by Crippen LogP contribution is 2.30. The Morgan fingerprint density at radius 1 is 0.185 bits per heavy atom. The first-order valence-corrected chi connectivity index (χ1v) is 29.5. The van der Waals surface area contributed by atoms with Gasteiger partial charge in [-0.2, -0.15) is 0 Å². The number of ether oxygens (including phenoxy) is 5. The molecular weight excluding hydrogens is 1140 g/mol. The van der Waals surface area contributed by atoms with Crippen molar-refractivity contribution in [3.63, 3.8) is 0 Å². The first-order valence-electron chi connectivity index (χ1n) is 29.5. The maximum atomic E-state index is 5.36. The van der Waals surface area contributed by atoms with Gasteiger partial charge in [-0.3, -0.25) is 0 Å². The molecule has 0 unspecified atom stereocenters. The molecule has 0 atom stereocenters. The molecule has 0 radical (unpaired) electrons. The summed E-state index contributed by atoms with van der Waals surface area (Å²) < 4.78 is 21.2. The number of hydrogen-bond acceptors (Lipinski definition) is 11. The average molecular weight is 1250 g/mol. The number of benzene rings is 11. The van der Waals surface area contributed by atoms with Gasteiger partial charge in [0.2, 0.25) is 0 Å². The highest BCUT2D eigenvalue weighted by Gasteiger charge is 2.21. The smallest absolute Gasteiger partial charge is 0.0351 e. The maximum Gasteiger partial charge on any atom is 0.0351 e. The van der Waals surface area contributed by atoms with Crippen LogP contribution < -0.4 is 34.4 Å². The minimum atomic E-state index is 0.0858. The summed E-state index contributed by atoms with van der Waals surface area (Å²) in [6.45, 7) is 4.52. The minimum absolute atomic E-state index is 0.0858. The Morgan fingerprint density at radius 3 is 0.391 bits per heavy atom. The van der Waals surface area contributed by atoms with E-state index in [2.05, 4.69) is 207 Å². The van der Waals surface area contributed by atoms with Crippen LogP contribution in [0.15, 0.2) is 340 Å². The molecule has 0 aliphatic carbocycles. The van der Waals surface area contributed by atoms with Gasteiger partial charge in [0.25, 0.3) is 0 Å². The Bertz CT molecular complexity index is 2680. The Labute approximate surface area is 555 Å². The molecule has 11 nitrogen and oxygen atoms in total. The molecule has 11 aromatic carbocycles. The predicted octanol–water partition coefficient (Wildman–Crippen LogP) is 17.9. The molecule has 0 fully saturated rings. The second kappa shape index (κ2) is 68.8. The van der Waals surface area contributed by atoms with Gasteiger partial charge in [0.1, 0.15) is 0 Å². The van der Waals surface area contributed by atoms with Crippen LogP contribution in [0.1, 0.15) is 25.0 Å². The Kier molecular flexibility index (Phi) is 66.4. The summed E-state index contributed by atoms with van der Waals surface area (Å²) in [6.07, 6.45) is 0. The zero-order valence-electron chi connectivity index (χ0n) is 57.3. The average Bonchev–Trinajstić information content (AvgIpc) is 1.14. The standard InChI is InChI=1S/C15H16.2C12H10.4C6H7N.C6H6.5C2H6O.2CH5N/c1-15(2,13-9-5-3-6-10-13)14-11-7-4-8-12-14;2*1-3-7-11(8-4-1)12-9-5-2-6-10-12;4*7-6-4-2-1-3-5-6;1-2-4-6-5-3-1;5*1-3-2;2*1-2/h3-12H,1-2H3;2*1-10H;4*1-5H,7H2;1-6H;5*1-2H3;2*2H2,1H3. The van der Waals surface area contributed by atoms with Gasteiger partial charge in [0.05, 0.1) is 0 Å². The van der Waals surface area contributed by atoms with E-state index in [0.29, 0.717) is 0 Å². The van der Waals surface area contributed by atoms with Crippen LogP contribution in [0.4, 0.5) is 22.7 Å². The minimum Gasteiger partial charge on any atom is -0.399 e. The topological polar surface area (TPSA) is 202 Å². The van der Waals surface area contributed by atoms with Crippen molar-refractivity contribution in [3.8, 4) is 22.3 Å². The van der Waals surface area contributed by atoms with E-state index in [1.165, 1.54) is 47.5 Å². The third kappa shape index (κ3) is 54.5. The summed E-state index contributed by atoms with van der Waals surface area (Å²) in [7, 11) is 19.2. The van der Waals surface area contributed by atoms with E-state index in [-0.39, 0.29) is 5.41 Å². The zero-order valence-corrected chi connectivity index (χ0v) is 57.3. The number of anilines is 4. The largest absolute Gasteiger partial charge is 0.399 e. The van der Waals surface area contributed by atoms with Crippen LogP contribution in [-0.4, -0.2) is 85.2 Å². The fourth-order valence-electron chi connectivity index (χ4n) is 6.60. The highest BCUT2D eigenvalue weighted by atomic mass is 16.5. The van der Waals surface area contributed by atoms with Crippen molar-refractivity contribution in [1.29, 1.82) is 0 Å². The Balaban J connectivity index is -0.000000469. The Hall–Kier alpha value is -9.66. The molecule has 0 aliphatic heterocycles. The van der Waals surface area contributed by atoms with Crippen LogP contribution in [-0.2, 0) is 29.1 Å². The fraction of sp³-hybridized carbons (Fsp3) is 0.185. The van der Waals surface area contributed by atoms with Crippen molar-refractivity contribution < 1.29 is 23.7 Å². The number of para-hydroxylation sites is 4. The molecule has 494 valence electrons. The van der Waals surface area contributed by atoms with Crippen molar-refractivity contribution in [2.24, 2.45) is 11.5 Å². The van der Waals surface area contributed by atoms with E-state index < -0.39 is 0 Å². The molecule has 0 spiro atoms. The molecule has 92 heavy (non-hydrogen) atoms. The van der Waals surface area contributed by atoms with Gasteiger partial charge >= 0.3 is 0 Å². The molecule has 0 heterocycles. The number of hydrogen-bond donors (Lipinski definition) is 6. The van der Waals surface area contributed by atoms with Crippen molar-refractivity contribution in [2.75, 3.05) is 108 Å². The summed E-state index contributed by atoms with van der Waals surface area (Å²) in [5.74, 6) is 0. The van der Waals surface area contributed by atoms with Crippen LogP contribution in [0.3, 0.4) is 0 Å². The van der Waals surface area contributed by atoms with E-state index in [4.69, 9.17) is 22.9 Å². The van der Waals surface area contributed by atoms with E-state index >= 15 is 0 Å². The third-order valence-corrected chi connectivity index (χ3v) is 10.6. The predicted molar refractivity (Wildman–Crippen MR) is 404 cm³/mol. The van der Waals surface area contributed by atoms with Crippen molar-refractivity contribution in [2.45, 2.75) is 19.3 Å². The lowest BCUT2D eigenvalue weighted by atomic mass is 9.78. The first-order chi connectivity index (χ1) is 44.8. The van der Waals surface area contributed by atoms with Crippen LogP contribution in [0.5, 0.6) is 0 Å². The van der Waals surface area contributed by atoms with Gasteiger partial charge in [-0.1, -0.05) is 305 Å². The van der Waals surface area contributed by atoms with E-state index in [0.717, 1.165) is 22.7 Å². The fourth-order valence-corrected chi connectivity index (χ4v) is 6.60. The molecular formula is C81H110N6O5. The van der Waals surface area contributed by atoms with Crippen LogP contribution >= 0.6 is 0 Å². The molecule has 0 amide bonds. The van der Waals surface area contributed by atoms with Gasteiger partial charge in [0, 0.05) is 99.3 Å². The normalized spacial score (nSPS) is 8.61. The molecule has 0 bridgehead atoms. The van der Waals surface area contributed by atoms with E-state index in [1.807, 2.05) is 182 Å². The number of nitrogens with two attached hydrogens (primary N) is 6. The highest BCUT2D eigenvalue weighted by molar-refractivity contribution is 5.63. The van der Waals surface area contributed by atoms with Gasteiger partial charge in [-0.15, -0.1) is 0 Å². The van der Waals surface area contributed by atoms with E-state index in [9.17, 15) is 0 Å². The summed E-state index contributed by atoms with van der Waals surface area (Å²) in [5, 5.41) is 0. The Morgan fingerprint density at radius 2 is 0.283 bits per heavy atom. The third-order valence-electron chi connectivity index (χ3n) is 10.6. The van der Waals surface area contributed by atoms with Gasteiger partial charge in [-0.05, 0) is 96.0 Å². The van der Waals surface area contributed by atoms with Crippen LogP contribution in [0, 0.1) is 0 Å². The quantitative estimate of drug-likeness (QED) is 0.0916. The molecule has 11 rings (SSSR count). The molecule has 0 aliphatic rings. The number of rotatable bonds is 4. The van der Waals surface area contributed by atoms with Crippen LogP contribution in [0.2, 0.25) is 0 Å². The second-order valence-electron chi connectivity index (χ2n) is 18.7. The van der Waals surface area contributed by atoms with Gasteiger partial charge in [0.15, 0.2) is 0 Å². The van der Waals surface area contributed by atoms with Crippen LogP contribution in [0.25, 0.3) is 22.3 Å². The van der Waals surface area contributed by atoms with Crippen molar-refractivity contribution in [3.05, 3.63) is 351 Å². The molecule has 12 N–H and O–H groups in total. The maximum absolute atomic E-state index is 5.36. The molecule has 0 aromatic heterocycles. The van der Waals surface area contributed by atoms with Gasteiger partial charge < -0.3 is 58.1 Å². The summed E-state index contributed by atoms with van der Waals surface area (Å²) in [4.78, 5) is 0. The lowest BCUT2D eigenvalue weighted by Crippen LogP contribution is -2.18. The lowest BCUT2D eigenvalue weighted by molar-refractivity contribution is 0.277. The first kappa shape index (κ1) is 88.8. The summed E-state index contributed by atoms with van der Waals surface area (Å²) in [6, 6.07) is 113. The number of nitrogen functional groups attached to an aromatic ring is 4. The monoisotopic (exact) mass is 1250 g/mol. The summed E-state index contributed by atoms with van der Waals surface area (Å²) >= 11 is 0. The second-order valence-corrected chi connectivity index (χ2v) is 18.7. The van der Waals surface area contributed by atoms with Crippen molar-refractivity contribution in [1.82, 2.24) is 0 Å². The molecule has 0 saturated heterocycles. The summed E-state index contributed by atoms with van der Waals surface area (Å²) in [5.41, 5.74) is 41.6. The molecule has 11 heteroatoms. The SMILES string of the molecule is CC(C)(c1ccccc1)c1ccccc1.CN.CN.COC.COC.COC.COC.COC.Nc1ccccc1.Nc1ccccc1.Nc1ccccc1.Nc1ccccc1.c1ccc(-c2ccccc2)cc1.c1ccc(-c2ccccc2)cc1.c1ccccc1. The van der Waals surface area contributed by atoms with Crippen molar-refractivity contribution >= 4 is 22.7 Å². The zero-order chi connectivity index (χ0) is 69.4.